The molecule has 0 fully saturated rings. The predicted molar refractivity (Wildman–Crippen MR) is 69.7 cm³/mol. The van der Waals surface area contributed by atoms with E-state index in [1.807, 2.05) is 0 Å². The van der Waals surface area contributed by atoms with Gasteiger partial charge >= 0.3 is 5.97 Å². The van der Waals surface area contributed by atoms with Gasteiger partial charge in [-0.1, -0.05) is 12.1 Å². The van der Waals surface area contributed by atoms with Crippen LogP contribution in [0, 0.1) is 12.7 Å². The van der Waals surface area contributed by atoms with Crippen LogP contribution in [0.1, 0.15) is 21.9 Å². The Morgan fingerprint density at radius 3 is 2.79 bits per heavy atom. The van der Waals surface area contributed by atoms with E-state index < -0.39 is 5.97 Å². The summed E-state index contributed by atoms with van der Waals surface area (Å²) < 4.78 is 13.4. The molecule has 0 bridgehead atoms. The molecule has 0 atom stereocenters. The summed E-state index contributed by atoms with van der Waals surface area (Å²) in [6.07, 6.45) is 1.28. The molecule has 1 N–H and O–H groups in total. The highest BCUT2D eigenvalue weighted by molar-refractivity contribution is 7.98. The summed E-state index contributed by atoms with van der Waals surface area (Å²) in [6, 6.07) is 6.45. The molecule has 0 aliphatic carbocycles. The van der Waals surface area contributed by atoms with Crippen molar-refractivity contribution in [1.29, 1.82) is 0 Å². The van der Waals surface area contributed by atoms with E-state index in [1.165, 1.54) is 24.0 Å². The van der Waals surface area contributed by atoms with Crippen LogP contribution in [0.5, 0.6) is 0 Å². The molecule has 6 heteroatoms. The van der Waals surface area contributed by atoms with Gasteiger partial charge in [0.2, 0.25) is 0 Å². The fourth-order valence-corrected chi connectivity index (χ4v) is 2.30. The third kappa shape index (κ3) is 3.29. The summed E-state index contributed by atoms with van der Waals surface area (Å²) in [5, 5.41) is 8.87. The van der Waals surface area contributed by atoms with Crippen LogP contribution in [0.15, 0.2) is 35.4 Å². The first kappa shape index (κ1) is 13.5. The quantitative estimate of drug-likeness (QED) is 0.871. The maximum atomic E-state index is 13.4. The number of aromatic nitrogens is 2. The number of carboxylic acid groups (broad SMARTS) is 1. The lowest BCUT2D eigenvalue weighted by Crippen LogP contribution is -2.05. The Bertz CT molecular complexity index is 619. The van der Waals surface area contributed by atoms with E-state index in [0.717, 1.165) is 0 Å². The minimum atomic E-state index is -1.05. The molecular formula is C13H11FN2O2S. The van der Waals surface area contributed by atoms with Crippen molar-refractivity contribution in [2.45, 2.75) is 17.6 Å². The molecule has 1 aromatic heterocycles. The second kappa shape index (κ2) is 5.79. The minimum absolute atomic E-state index is 0.0830. The number of hydrogen-bond acceptors (Lipinski definition) is 4. The van der Waals surface area contributed by atoms with Gasteiger partial charge in [0.1, 0.15) is 11.6 Å². The van der Waals surface area contributed by atoms with Gasteiger partial charge in [0.15, 0.2) is 0 Å². The topological polar surface area (TPSA) is 63.1 Å². The highest BCUT2D eigenvalue weighted by atomic mass is 32.2. The zero-order valence-corrected chi connectivity index (χ0v) is 10.9. The Morgan fingerprint density at radius 1 is 1.42 bits per heavy atom. The van der Waals surface area contributed by atoms with Gasteiger partial charge in [0, 0.05) is 11.1 Å². The lowest BCUT2D eigenvalue weighted by molar-refractivity contribution is 0.0695. The van der Waals surface area contributed by atoms with Crippen molar-refractivity contribution in [3.05, 3.63) is 53.4 Å². The average molecular weight is 278 g/mol. The molecule has 1 heterocycles. The van der Waals surface area contributed by atoms with Gasteiger partial charge in [-0.3, -0.25) is 0 Å². The Balaban J connectivity index is 2.11. The van der Waals surface area contributed by atoms with E-state index in [1.54, 1.807) is 25.1 Å². The zero-order valence-electron chi connectivity index (χ0n) is 10.1. The van der Waals surface area contributed by atoms with Gasteiger partial charge in [-0.2, -0.15) is 0 Å². The first-order chi connectivity index (χ1) is 9.08. The standard InChI is InChI=1S/C13H11FN2O2S/c1-8-9(13(17)18)6-15-12(16-8)7-19-11-5-3-2-4-10(11)14/h2-6H,7H2,1H3,(H,17,18). The lowest BCUT2D eigenvalue weighted by atomic mass is 10.2. The molecule has 0 saturated heterocycles. The molecule has 0 spiro atoms. The number of aromatic carboxylic acids is 1. The molecular weight excluding hydrogens is 267 g/mol. The number of rotatable bonds is 4. The number of halogens is 1. The molecule has 0 radical (unpaired) electrons. The van der Waals surface area contributed by atoms with E-state index >= 15 is 0 Å². The van der Waals surface area contributed by atoms with Crippen molar-refractivity contribution in [3.63, 3.8) is 0 Å². The second-order valence-corrected chi connectivity index (χ2v) is 4.83. The summed E-state index contributed by atoms with van der Waals surface area (Å²) in [7, 11) is 0. The van der Waals surface area contributed by atoms with Crippen molar-refractivity contribution in [2.24, 2.45) is 0 Å². The van der Waals surface area contributed by atoms with Gasteiger partial charge in [0.05, 0.1) is 17.0 Å². The lowest BCUT2D eigenvalue weighted by Gasteiger charge is -2.04. The monoisotopic (exact) mass is 278 g/mol. The predicted octanol–water partition coefficient (Wildman–Crippen LogP) is 2.91. The zero-order chi connectivity index (χ0) is 13.8. The van der Waals surface area contributed by atoms with E-state index in [0.29, 0.717) is 22.2 Å². The fraction of sp³-hybridized carbons (Fsp3) is 0.154. The normalized spacial score (nSPS) is 10.4. The molecule has 0 saturated carbocycles. The fourth-order valence-electron chi connectivity index (χ4n) is 1.50. The van der Waals surface area contributed by atoms with Gasteiger partial charge < -0.3 is 5.11 Å². The van der Waals surface area contributed by atoms with Gasteiger partial charge in [-0.15, -0.1) is 11.8 Å². The molecule has 2 aromatic rings. The van der Waals surface area contributed by atoms with E-state index in [4.69, 9.17) is 5.11 Å². The highest BCUT2D eigenvalue weighted by Gasteiger charge is 2.10. The number of hydrogen-bond donors (Lipinski definition) is 1. The van der Waals surface area contributed by atoms with Gasteiger partial charge in [-0.25, -0.2) is 19.2 Å². The Kier molecular flexibility index (Phi) is 4.11. The number of thioether (sulfide) groups is 1. The van der Waals surface area contributed by atoms with Gasteiger partial charge in [0.25, 0.3) is 0 Å². The van der Waals surface area contributed by atoms with Crippen LogP contribution in [-0.4, -0.2) is 21.0 Å². The molecule has 98 valence electrons. The van der Waals surface area contributed by atoms with Crippen LogP contribution in [0.4, 0.5) is 4.39 Å². The van der Waals surface area contributed by atoms with Crippen molar-refractivity contribution < 1.29 is 14.3 Å². The molecule has 19 heavy (non-hydrogen) atoms. The molecule has 0 amide bonds. The van der Waals surface area contributed by atoms with Crippen LogP contribution in [0.2, 0.25) is 0 Å². The Morgan fingerprint density at radius 2 is 2.16 bits per heavy atom. The van der Waals surface area contributed by atoms with E-state index in [2.05, 4.69) is 9.97 Å². The molecule has 1 aromatic carbocycles. The molecule has 4 nitrogen and oxygen atoms in total. The van der Waals surface area contributed by atoms with Crippen molar-refractivity contribution in [2.75, 3.05) is 0 Å². The van der Waals surface area contributed by atoms with Crippen LogP contribution < -0.4 is 0 Å². The van der Waals surface area contributed by atoms with E-state index in [-0.39, 0.29) is 11.4 Å². The average Bonchev–Trinajstić information content (AvgIpc) is 2.37. The number of aryl methyl sites for hydroxylation is 1. The summed E-state index contributed by atoms with van der Waals surface area (Å²) in [6.45, 7) is 1.61. The van der Waals surface area contributed by atoms with Crippen molar-refractivity contribution in [1.82, 2.24) is 9.97 Å². The maximum Gasteiger partial charge on any atom is 0.339 e. The largest absolute Gasteiger partial charge is 0.478 e. The number of benzene rings is 1. The Hall–Kier alpha value is -1.95. The first-order valence-electron chi connectivity index (χ1n) is 5.51. The minimum Gasteiger partial charge on any atom is -0.478 e. The summed E-state index contributed by atoms with van der Waals surface area (Å²) in [4.78, 5) is 19.4. The first-order valence-corrected chi connectivity index (χ1v) is 6.49. The maximum absolute atomic E-state index is 13.4. The smallest absolute Gasteiger partial charge is 0.339 e. The molecule has 2 rings (SSSR count). The van der Waals surface area contributed by atoms with Crippen LogP contribution in [0.25, 0.3) is 0 Å². The highest BCUT2D eigenvalue weighted by Crippen LogP contribution is 2.24. The second-order valence-electron chi connectivity index (χ2n) is 3.81. The number of carbonyl (C=O) groups is 1. The molecule has 0 unspecified atom stereocenters. The summed E-state index contributed by atoms with van der Waals surface area (Å²) in [5.74, 6) is -0.463. The summed E-state index contributed by atoms with van der Waals surface area (Å²) in [5.41, 5.74) is 0.492. The Labute approximate surface area is 113 Å². The van der Waals surface area contributed by atoms with Crippen LogP contribution >= 0.6 is 11.8 Å². The number of nitrogens with zero attached hydrogens (tertiary/aromatic N) is 2. The van der Waals surface area contributed by atoms with Crippen LogP contribution in [0.3, 0.4) is 0 Å². The van der Waals surface area contributed by atoms with Crippen molar-refractivity contribution in [3.8, 4) is 0 Å². The SMILES string of the molecule is Cc1nc(CSc2ccccc2F)ncc1C(=O)O. The van der Waals surface area contributed by atoms with E-state index in [9.17, 15) is 9.18 Å². The van der Waals surface area contributed by atoms with Crippen LogP contribution in [-0.2, 0) is 5.75 Å². The van der Waals surface area contributed by atoms with Crippen molar-refractivity contribution >= 4 is 17.7 Å². The number of carboxylic acids is 1. The van der Waals surface area contributed by atoms with Gasteiger partial charge in [-0.05, 0) is 19.1 Å². The molecule has 0 aliphatic rings. The third-order valence-electron chi connectivity index (χ3n) is 2.45. The third-order valence-corrected chi connectivity index (χ3v) is 3.50. The molecule has 0 aliphatic heterocycles. The summed E-state index contributed by atoms with van der Waals surface area (Å²) >= 11 is 1.28.